The molecule has 0 saturated carbocycles. The molecule has 0 radical (unpaired) electrons. The molecule has 0 aliphatic rings. The van der Waals surface area contributed by atoms with E-state index in [0.717, 1.165) is 0 Å². The van der Waals surface area contributed by atoms with Crippen LogP contribution in [0.1, 0.15) is 34.6 Å². The van der Waals surface area contributed by atoms with Crippen molar-refractivity contribution >= 4 is 29.1 Å². The number of phenolic OH excluding ortho intramolecular Hbond substituents is 1. The van der Waals surface area contributed by atoms with E-state index < -0.39 is 5.91 Å². The molecule has 0 aliphatic carbocycles. The van der Waals surface area contributed by atoms with Crippen molar-refractivity contribution < 1.29 is 19.4 Å². The zero-order valence-corrected chi connectivity index (χ0v) is 14.8. The van der Waals surface area contributed by atoms with Crippen LogP contribution in [0, 0.1) is 0 Å². The number of phenols is 1. The molecule has 0 bridgehead atoms. The number of halogens is 1. The summed E-state index contributed by atoms with van der Waals surface area (Å²) in [5.41, 5.74) is 0.543. The number of nitrogens with one attached hydrogen (secondary N) is 2. The van der Waals surface area contributed by atoms with E-state index >= 15 is 0 Å². The molecule has 0 aliphatic heterocycles. The third-order valence-electron chi connectivity index (χ3n) is 3.34. The van der Waals surface area contributed by atoms with Crippen molar-refractivity contribution in [2.24, 2.45) is 0 Å². The van der Waals surface area contributed by atoms with Crippen molar-refractivity contribution in [3.8, 4) is 11.5 Å². The third-order valence-corrected chi connectivity index (χ3v) is 3.58. The number of aromatic hydroxyl groups is 1. The van der Waals surface area contributed by atoms with Crippen molar-refractivity contribution in [3.63, 3.8) is 0 Å². The number of anilines is 1. The van der Waals surface area contributed by atoms with E-state index in [4.69, 9.17) is 16.3 Å². The molecule has 7 heteroatoms. The molecule has 0 spiro atoms. The lowest BCUT2D eigenvalue weighted by atomic mass is 10.1. The second kappa shape index (κ2) is 7.90. The van der Waals surface area contributed by atoms with Gasteiger partial charge in [-0.2, -0.15) is 0 Å². The summed E-state index contributed by atoms with van der Waals surface area (Å²) in [5.74, 6) is -0.700. The SMILES string of the molecule is COc1ccc(O)c(C(=O)Nc2cc(Cl)ccc2C(=O)NC(C)C)c1. The van der Waals surface area contributed by atoms with E-state index in [1.165, 1.54) is 37.4 Å². The van der Waals surface area contributed by atoms with Crippen LogP contribution < -0.4 is 15.4 Å². The van der Waals surface area contributed by atoms with E-state index in [-0.39, 0.29) is 34.5 Å². The number of amides is 2. The van der Waals surface area contributed by atoms with E-state index in [0.29, 0.717) is 10.8 Å². The van der Waals surface area contributed by atoms with Crippen molar-refractivity contribution in [3.05, 3.63) is 52.5 Å². The predicted molar refractivity (Wildman–Crippen MR) is 96.7 cm³/mol. The van der Waals surface area contributed by atoms with Gasteiger partial charge in [-0.05, 0) is 50.2 Å². The van der Waals surface area contributed by atoms with Crippen molar-refractivity contribution in [2.75, 3.05) is 12.4 Å². The van der Waals surface area contributed by atoms with Gasteiger partial charge in [0.1, 0.15) is 11.5 Å². The van der Waals surface area contributed by atoms with E-state index in [1.807, 2.05) is 13.8 Å². The number of ether oxygens (including phenoxy) is 1. The maximum atomic E-state index is 12.5. The number of carbonyl (C=O) groups is 2. The highest BCUT2D eigenvalue weighted by Crippen LogP contribution is 2.26. The number of carbonyl (C=O) groups excluding carboxylic acids is 2. The molecule has 0 atom stereocenters. The van der Waals surface area contributed by atoms with Gasteiger partial charge in [-0.1, -0.05) is 11.6 Å². The third kappa shape index (κ3) is 4.64. The van der Waals surface area contributed by atoms with Crippen LogP contribution in [-0.2, 0) is 0 Å². The molecule has 2 aromatic carbocycles. The van der Waals surface area contributed by atoms with Gasteiger partial charge in [-0.3, -0.25) is 9.59 Å². The summed E-state index contributed by atoms with van der Waals surface area (Å²) in [6.07, 6.45) is 0. The number of rotatable bonds is 5. The lowest BCUT2D eigenvalue weighted by Gasteiger charge is -2.14. The topological polar surface area (TPSA) is 87.7 Å². The van der Waals surface area contributed by atoms with Crippen LogP contribution in [0.4, 0.5) is 5.69 Å². The Labute approximate surface area is 150 Å². The fourth-order valence-electron chi connectivity index (χ4n) is 2.17. The Morgan fingerprint density at radius 1 is 1.08 bits per heavy atom. The van der Waals surface area contributed by atoms with Gasteiger partial charge in [0.2, 0.25) is 0 Å². The molecule has 3 N–H and O–H groups in total. The first kappa shape index (κ1) is 18.6. The molecule has 2 aromatic rings. The van der Waals surface area contributed by atoms with Crippen molar-refractivity contribution in [1.29, 1.82) is 0 Å². The number of methoxy groups -OCH3 is 1. The zero-order chi connectivity index (χ0) is 18.6. The fourth-order valence-corrected chi connectivity index (χ4v) is 2.34. The van der Waals surface area contributed by atoms with Crippen LogP contribution in [0.5, 0.6) is 11.5 Å². The summed E-state index contributed by atoms with van der Waals surface area (Å²) in [4.78, 5) is 24.8. The number of hydrogen-bond donors (Lipinski definition) is 3. The first-order chi connectivity index (χ1) is 11.8. The fraction of sp³-hybridized carbons (Fsp3) is 0.222. The van der Waals surface area contributed by atoms with Gasteiger partial charge in [-0.15, -0.1) is 0 Å². The molecular formula is C18H19ClN2O4. The van der Waals surface area contributed by atoms with E-state index in [2.05, 4.69) is 10.6 Å². The molecule has 0 unspecified atom stereocenters. The zero-order valence-electron chi connectivity index (χ0n) is 14.1. The first-order valence-electron chi connectivity index (χ1n) is 7.60. The summed E-state index contributed by atoms with van der Waals surface area (Å²) in [6.45, 7) is 3.67. The standard InChI is InChI=1S/C18H19ClN2O4/c1-10(2)20-17(23)13-6-4-11(19)8-15(13)21-18(24)14-9-12(25-3)5-7-16(14)22/h4-10,22H,1-3H3,(H,20,23)(H,21,24). The lowest BCUT2D eigenvalue weighted by Crippen LogP contribution is -2.31. The average Bonchev–Trinajstić information content (AvgIpc) is 2.54. The highest BCUT2D eigenvalue weighted by Gasteiger charge is 2.18. The van der Waals surface area contributed by atoms with Crippen LogP contribution in [0.25, 0.3) is 0 Å². The molecule has 2 amide bonds. The minimum atomic E-state index is -0.586. The smallest absolute Gasteiger partial charge is 0.259 e. The predicted octanol–water partition coefficient (Wildman–Crippen LogP) is 3.44. The minimum Gasteiger partial charge on any atom is -0.507 e. The van der Waals surface area contributed by atoms with Gasteiger partial charge in [0.05, 0.1) is 23.9 Å². The Kier molecular flexibility index (Phi) is 5.88. The van der Waals surface area contributed by atoms with Gasteiger partial charge in [0.25, 0.3) is 11.8 Å². The molecule has 0 heterocycles. The molecular weight excluding hydrogens is 344 g/mol. The monoisotopic (exact) mass is 362 g/mol. The Bertz CT molecular complexity index is 806. The van der Waals surface area contributed by atoms with Crippen molar-refractivity contribution in [2.45, 2.75) is 19.9 Å². The largest absolute Gasteiger partial charge is 0.507 e. The van der Waals surface area contributed by atoms with Gasteiger partial charge in [0, 0.05) is 11.1 Å². The Morgan fingerprint density at radius 2 is 1.80 bits per heavy atom. The summed E-state index contributed by atoms with van der Waals surface area (Å²) >= 11 is 5.98. The molecule has 0 saturated heterocycles. The van der Waals surface area contributed by atoms with Crippen molar-refractivity contribution in [1.82, 2.24) is 5.32 Å². The first-order valence-corrected chi connectivity index (χ1v) is 7.98. The Balaban J connectivity index is 2.35. The van der Waals surface area contributed by atoms with Gasteiger partial charge in [-0.25, -0.2) is 0 Å². The quantitative estimate of drug-likeness (QED) is 0.760. The molecule has 25 heavy (non-hydrogen) atoms. The summed E-state index contributed by atoms with van der Waals surface area (Å²) < 4.78 is 5.06. The van der Waals surface area contributed by atoms with Crippen LogP contribution in [0.3, 0.4) is 0 Å². The van der Waals surface area contributed by atoms with E-state index in [1.54, 1.807) is 6.07 Å². The van der Waals surface area contributed by atoms with Crippen LogP contribution >= 0.6 is 11.6 Å². The highest BCUT2D eigenvalue weighted by atomic mass is 35.5. The van der Waals surface area contributed by atoms with Crippen LogP contribution in [0.2, 0.25) is 5.02 Å². The summed E-state index contributed by atoms with van der Waals surface area (Å²) in [5, 5.41) is 15.6. The number of hydrogen-bond acceptors (Lipinski definition) is 4. The Hall–Kier alpha value is -2.73. The van der Waals surface area contributed by atoms with Gasteiger partial charge in [0.15, 0.2) is 0 Å². The highest BCUT2D eigenvalue weighted by molar-refractivity contribution is 6.31. The van der Waals surface area contributed by atoms with E-state index in [9.17, 15) is 14.7 Å². The second-order valence-electron chi connectivity index (χ2n) is 5.66. The second-order valence-corrected chi connectivity index (χ2v) is 6.09. The number of benzene rings is 2. The lowest BCUT2D eigenvalue weighted by molar-refractivity contribution is 0.0944. The molecule has 132 valence electrons. The molecule has 6 nitrogen and oxygen atoms in total. The maximum absolute atomic E-state index is 12.5. The molecule has 0 aromatic heterocycles. The normalized spacial score (nSPS) is 10.4. The van der Waals surface area contributed by atoms with Crippen LogP contribution in [-0.4, -0.2) is 30.1 Å². The minimum absolute atomic E-state index is 0.0227. The van der Waals surface area contributed by atoms with Gasteiger partial charge >= 0.3 is 0 Å². The average molecular weight is 363 g/mol. The van der Waals surface area contributed by atoms with Gasteiger partial charge < -0.3 is 20.5 Å². The summed E-state index contributed by atoms with van der Waals surface area (Å²) in [7, 11) is 1.46. The molecule has 2 rings (SSSR count). The maximum Gasteiger partial charge on any atom is 0.259 e. The van der Waals surface area contributed by atoms with Crippen LogP contribution in [0.15, 0.2) is 36.4 Å². The Morgan fingerprint density at radius 3 is 2.44 bits per heavy atom. The molecule has 0 fully saturated rings. The summed E-state index contributed by atoms with van der Waals surface area (Å²) in [6, 6.07) is 8.81.